The molecule has 0 aromatic carbocycles. The molecule has 0 aliphatic rings. The third kappa shape index (κ3) is 4.46. The van der Waals surface area contributed by atoms with E-state index in [1.54, 1.807) is 0 Å². The van der Waals surface area contributed by atoms with Crippen LogP contribution in [0, 0.1) is 5.95 Å². The summed E-state index contributed by atoms with van der Waals surface area (Å²) in [6.45, 7) is 0.871. The molecule has 21 heavy (non-hydrogen) atoms. The molecule has 0 radical (unpaired) electrons. The van der Waals surface area contributed by atoms with Crippen LogP contribution in [0.4, 0.5) is 30.7 Å². The van der Waals surface area contributed by atoms with Crippen LogP contribution in [0.2, 0.25) is 0 Å². The van der Waals surface area contributed by atoms with Gasteiger partial charge in [-0.3, -0.25) is 0 Å². The van der Waals surface area contributed by atoms with Gasteiger partial charge in [-0.25, -0.2) is 9.78 Å². The van der Waals surface area contributed by atoms with Crippen LogP contribution < -0.4 is 4.74 Å². The van der Waals surface area contributed by atoms with Gasteiger partial charge in [0.25, 0.3) is 0 Å². The van der Waals surface area contributed by atoms with Crippen molar-refractivity contribution in [1.29, 1.82) is 0 Å². The summed E-state index contributed by atoms with van der Waals surface area (Å²) in [6.07, 6.45) is -10.9. The Balaban J connectivity index is 3.54. The highest BCUT2D eigenvalue weighted by Gasteiger charge is 2.43. The van der Waals surface area contributed by atoms with Crippen LogP contribution in [0.5, 0.6) is 5.75 Å². The molecule has 0 aliphatic heterocycles. The summed E-state index contributed by atoms with van der Waals surface area (Å²) in [4.78, 5) is 14.0. The molecule has 0 aliphatic carbocycles. The maximum Gasteiger partial charge on any atom is 0.573 e. The highest BCUT2D eigenvalue weighted by Crippen LogP contribution is 2.40. The number of alkyl halides is 6. The minimum absolute atomic E-state index is 0.316. The van der Waals surface area contributed by atoms with Gasteiger partial charge in [-0.1, -0.05) is 0 Å². The maximum atomic E-state index is 13.0. The number of aromatic nitrogens is 1. The minimum Gasteiger partial charge on any atom is -0.461 e. The first kappa shape index (κ1) is 17.0. The lowest BCUT2D eigenvalue weighted by molar-refractivity contribution is -0.276. The van der Waals surface area contributed by atoms with Crippen LogP contribution in [0.1, 0.15) is 23.0 Å². The van der Waals surface area contributed by atoms with E-state index in [1.165, 1.54) is 6.92 Å². The quantitative estimate of drug-likeness (QED) is 0.487. The molecule has 118 valence electrons. The molecule has 4 nitrogen and oxygen atoms in total. The number of ether oxygens (including phenoxy) is 2. The molecule has 0 amide bonds. The van der Waals surface area contributed by atoms with Gasteiger partial charge in [0.15, 0.2) is 11.4 Å². The predicted molar refractivity (Wildman–Crippen MR) is 51.8 cm³/mol. The van der Waals surface area contributed by atoms with Crippen LogP contribution in [0.15, 0.2) is 6.07 Å². The molecule has 0 fully saturated rings. The number of halogens is 7. The van der Waals surface area contributed by atoms with Gasteiger partial charge in [-0.05, 0) is 6.92 Å². The molecule has 1 aromatic heterocycles. The van der Waals surface area contributed by atoms with Crippen molar-refractivity contribution in [1.82, 2.24) is 4.98 Å². The molecular weight excluding hydrogens is 315 g/mol. The van der Waals surface area contributed by atoms with Crippen molar-refractivity contribution in [2.75, 3.05) is 6.61 Å². The van der Waals surface area contributed by atoms with Crippen LogP contribution in [-0.4, -0.2) is 23.9 Å². The van der Waals surface area contributed by atoms with Gasteiger partial charge in [0.2, 0.25) is 5.95 Å². The van der Waals surface area contributed by atoms with E-state index in [-0.39, 0.29) is 12.7 Å². The third-order valence-corrected chi connectivity index (χ3v) is 1.93. The normalized spacial score (nSPS) is 12.2. The van der Waals surface area contributed by atoms with Crippen molar-refractivity contribution >= 4 is 5.97 Å². The first-order chi connectivity index (χ1) is 9.45. The van der Waals surface area contributed by atoms with Crippen molar-refractivity contribution in [2.45, 2.75) is 19.5 Å². The molecule has 0 saturated heterocycles. The Labute approximate surface area is 112 Å². The smallest absolute Gasteiger partial charge is 0.461 e. The van der Waals surface area contributed by atoms with Crippen LogP contribution in [0.3, 0.4) is 0 Å². The molecule has 1 rings (SSSR count). The molecule has 1 heterocycles. The number of carbonyl (C=O) groups is 1. The second kappa shape index (κ2) is 5.74. The van der Waals surface area contributed by atoms with Crippen LogP contribution >= 0.6 is 0 Å². The average molecular weight is 321 g/mol. The number of nitrogens with zero attached hydrogens (tertiary/aromatic N) is 1. The Morgan fingerprint density at radius 2 is 1.81 bits per heavy atom. The highest BCUT2D eigenvalue weighted by atomic mass is 19.4. The van der Waals surface area contributed by atoms with Gasteiger partial charge in [0, 0.05) is 6.07 Å². The molecule has 0 atom stereocenters. The first-order valence-corrected chi connectivity index (χ1v) is 5.16. The fourth-order valence-electron chi connectivity index (χ4n) is 1.27. The van der Waals surface area contributed by atoms with E-state index in [9.17, 15) is 35.5 Å². The van der Waals surface area contributed by atoms with Gasteiger partial charge >= 0.3 is 18.5 Å². The highest BCUT2D eigenvalue weighted by molar-refractivity contribution is 5.90. The predicted octanol–water partition coefficient (Wildman–Crippen LogP) is 3.31. The Kier molecular flexibility index (Phi) is 4.64. The topological polar surface area (TPSA) is 48.4 Å². The SMILES string of the molecule is CCOC(=O)c1nc(F)cc(C(F)(F)F)c1OC(F)(F)F. The number of rotatable bonds is 3. The molecule has 11 heteroatoms. The van der Waals surface area contributed by atoms with Gasteiger partial charge in [0.1, 0.15) is 5.56 Å². The molecule has 0 spiro atoms. The molecular formula is C10H6F7NO3. The molecule has 0 saturated carbocycles. The van der Waals surface area contributed by atoms with Crippen molar-refractivity contribution in [2.24, 2.45) is 0 Å². The van der Waals surface area contributed by atoms with Gasteiger partial charge < -0.3 is 9.47 Å². The zero-order valence-electron chi connectivity index (χ0n) is 10.1. The fraction of sp³-hybridized carbons (Fsp3) is 0.400. The summed E-state index contributed by atoms with van der Waals surface area (Å²) in [6, 6.07) is -0.316. The van der Waals surface area contributed by atoms with Crippen molar-refractivity contribution in [3.63, 3.8) is 0 Å². The summed E-state index contributed by atoms with van der Waals surface area (Å²) in [7, 11) is 0. The summed E-state index contributed by atoms with van der Waals surface area (Å²) in [5.41, 5.74) is -3.68. The Bertz CT molecular complexity index is 539. The molecule has 0 N–H and O–H groups in total. The number of hydrogen-bond donors (Lipinski definition) is 0. The van der Waals surface area contributed by atoms with Crippen molar-refractivity contribution in [3.8, 4) is 5.75 Å². The van der Waals surface area contributed by atoms with E-state index in [0.717, 1.165) is 0 Å². The van der Waals surface area contributed by atoms with Gasteiger partial charge in [0.05, 0.1) is 6.61 Å². The second-order valence-corrected chi connectivity index (χ2v) is 3.44. The number of esters is 1. The zero-order chi connectivity index (χ0) is 16.4. The molecule has 1 aromatic rings. The van der Waals surface area contributed by atoms with E-state index in [0.29, 0.717) is 0 Å². The van der Waals surface area contributed by atoms with Crippen LogP contribution in [-0.2, 0) is 10.9 Å². The molecule has 0 unspecified atom stereocenters. The Hall–Kier alpha value is -2.07. The van der Waals surface area contributed by atoms with E-state index < -0.39 is 41.5 Å². The lowest BCUT2D eigenvalue weighted by Gasteiger charge is -2.17. The van der Waals surface area contributed by atoms with Gasteiger partial charge in [-0.2, -0.15) is 17.6 Å². The zero-order valence-corrected chi connectivity index (χ0v) is 10.1. The second-order valence-electron chi connectivity index (χ2n) is 3.44. The van der Waals surface area contributed by atoms with E-state index in [4.69, 9.17) is 0 Å². The largest absolute Gasteiger partial charge is 0.573 e. The van der Waals surface area contributed by atoms with Crippen molar-refractivity contribution in [3.05, 3.63) is 23.3 Å². The van der Waals surface area contributed by atoms with Crippen LogP contribution in [0.25, 0.3) is 0 Å². The third-order valence-electron chi connectivity index (χ3n) is 1.93. The fourth-order valence-corrected chi connectivity index (χ4v) is 1.27. The Morgan fingerprint density at radius 1 is 1.24 bits per heavy atom. The van der Waals surface area contributed by atoms with Gasteiger partial charge in [-0.15, -0.1) is 13.2 Å². The summed E-state index contributed by atoms with van der Waals surface area (Å²) < 4.78 is 94.8. The average Bonchev–Trinajstić information content (AvgIpc) is 2.28. The van der Waals surface area contributed by atoms with E-state index in [2.05, 4.69) is 14.5 Å². The Morgan fingerprint density at radius 3 is 2.24 bits per heavy atom. The van der Waals surface area contributed by atoms with Crippen molar-refractivity contribution < 1.29 is 45.0 Å². The summed E-state index contributed by atoms with van der Waals surface area (Å²) in [5.74, 6) is -5.45. The van der Waals surface area contributed by atoms with E-state index >= 15 is 0 Å². The maximum absolute atomic E-state index is 13.0. The standard InChI is InChI=1S/C10H6F7NO3/c1-2-20-8(19)6-7(21-10(15,16)17)4(9(12,13)14)3-5(11)18-6/h3H,2H2,1H3. The minimum atomic E-state index is -5.54. The first-order valence-electron chi connectivity index (χ1n) is 5.16. The summed E-state index contributed by atoms with van der Waals surface area (Å²) >= 11 is 0. The lowest BCUT2D eigenvalue weighted by Crippen LogP contribution is -2.24. The number of carbonyl (C=O) groups excluding carboxylic acids is 1. The van der Waals surface area contributed by atoms with E-state index in [1.807, 2.05) is 0 Å². The molecule has 0 bridgehead atoms. The number of pyridine rings is 1. The number of hydrogen-bond acceptors (Lipinski definition) is 4. The monoisotopic (exact) mass is 321 g/mol. The lowest BCUT2D eigenvalue weighted by atomic mass is 10.2. The summed E-state index contributed by atoms with van der Waals surface area (Å²) in [5, 5.41) is 0.